The lowest BCUT2D eigenvalue weighted by molar-refractivity contribution is -0.379. The molecule has 19 heteroatoms. The highest BCUT2D eigenvalue weighted by molar-refractivity contribution is 5.76. The standard InChI is InChI=1S/C90H155NO18/c1-3-5-7-9-11-13-15-17-19-21-23-25-27-28-29-30-31-32-33-34-35-36-37-38-39-40-41-42-43-44-46-48-50-52-54-56-58-60-62-64-66-68-78(96)91-73(74(95)67-65-63-61-59-57-55-53-51-49-47-45-26-24-22-20-18-16-14-12-10-8-6-4-2)72-104-88-84(102)81(99)86(76(70-93)106-88)109-90-85(103)82(100)87(77(71-94)107-90)108-89-83(101)80(98)79(97)75(69-92)105-89/h5,7,11,13,17,19,23,25,28-29,31-32,34-35,49,51,57,59,65,67,73-77,79-90,92-95,97-103H,3-4,6,8-10,12,14-16,18,20-22,24,26-27,30,33,36-48,50,52-56,58,60-64,66,68-72H2,1-2H3,(H,91,96)/b7-5-,13-11-,19-17-,25-23-,29-28-,32-31-,35-34-,51-49+,59-57+,67-65+. The predicted molar refractivity (Wildman–Crippen MR) is 438 cm³/mol. The first-order valence-electron chi connectivity index (χ1n) is 43.3. The Morgan fingerprint density at radius 3 is 1.03 bits per heavy atom. The number of ether oxygens (including phenoxy) is 6. The van der Waals surface area contributed by atoms with Crippen molar-refractivity contribution in [2.45, 2.75) is 413 Å². The molecule has 0 aromatic rings. The van der Waals surface area contributed by atoms with Crippen molar-refractivity contribution in [2.75, 3.05) is 26.4 Å². The number of aliphatic hydroxyl groups is 11. The fourth-order valence-corrected chi connectivity index (χ4v) is 13.9. The van der Waals surface area contributed by atoms with Gasteiger partial charge in [-0.1, -0.05) is 322 Å². The molecule has 0 aliphatic carbocycles. The average Bonchev–Trinajstić information content (AvgIpc) is 0.760. The molecule has 109 heavy (non-hydrogen) atoms. The SMILES string of the molecule is CC/C=C\C/C=C\C/C=C\C/C=C\C/C=C\C/C=C\C/C=C\CCCCCCCCCCCCCCCCCCCCCC(=O)NC(COC1OC(CO)C(OC2OC(CO)C(OC3OC(CO)C(O)C(O)C3O)C(O)C2O)C(O)C1O)C(O)/C=C/CC/C=C/CC/C=C/CCCCCCCCCCCCCCC. The van der Waals surface area contributed by atoms with Crippen LogP contribution >= 0.6 is 0 Å². The highest BCUT2D eigenvalue weighted by Gasteiger charge is 2.54. The van der Waals surface area contributed by atoms with E-state index in [4.69, 9.17) is 28.4 Å². The third-order valence-electron chi connectivity index (χ3n) is 20.7. The second kappa shape index (κ2) is 68.6. The molecule has 0 bridgehead atoms. The Balaban J connectivity index is 1.32. The van der Waals surface area contributed by atoms with Crippen LogP contribution in [0.25, 0.3) is 0 Å². The molecule has 0 saturated carbocycles. The smallest absolute Gasteiger partial charge is 0.220 e. The van der Waals surface area contributed by atoms with E-state index in [0.29, 0.717) is 12.8 Å². The van der Waals surface area contributed by atoms with Crippen LogP contribution in [-0.2, 0) is 33.2 Å². The number of nitrogens with one attached hydrogen (secondary N) is 1. The van der Waals surface area contributed by atoms with Gasteiger partial charge in [0.25, 0.3) is 0 Å². The molecule has 3 saturated heterocycles. The molecular weight excluding hydrogens is 1380 g/mol. The van der Waals surface area contributed by atoms with Crippen molar-refractivity contribution in [2.24, 2.45) is 0 Å². The molecule has 12 N–H and O–H groups in total. The summed E-state index contributed by atoms with van der Waals surface area (Å²) in [5.41, 5.74) is 0. The number of amides is 1. The Morgan fingerprint density at radius 2 is 0.642 bits per heavy atom. The van der Waals surface area contributed by atoms with E-state index >= 15 is 0 Å². The molecule has 3 fully saturated rings. The van der Waals surface area contributed by atoms with Crippen molar-refractivity contribution < 1.29 is 89.4 Å². The number of carbonyl (C=O) groups excluding carboxylic acids is 1. The molecule has 17 unspecified atom stereocenters. The van der Waals surface area contributed by atoms with Gasteiger partial charge < -0.3 is 89.9 Å². The number of rotatable bonds is 68. The molecule has 0 aromatic heterocycles. The lowest BCUT2D eigenvalue weighted by atomic mass is 9.96. The van der Waals surface area contributed by atoms with Gasteiger partial charge >= 0.3 is 0 Å². The Morgan fingerprint density at radius 1 is 0.339 bits per heavy atom. The molecule has 628 valence electrons. The summed E-state index contributed by atoms with van der Waals surface area (Å²) in [6.07, 6.45) is 70.6. The zero-order valence-corrected chi connectivity index (χ0v) is 67.5. The lowest BCUT2D eigenvalue weighted by Crippen LogP contribution is -2.66. The quantitative estimate of drug-likeness (QED) is 0.0199. The van der Waals surface area contributed by atoms with Gasteiger partial charge in [0.1, 0.15) is 73.2 Å². The van der Waals surface area contributed by atoms with Crippen LogP contribution in [0.3, 0.4) is 0 Å². The second-order valence-corrected chi connectivity index (χ2v) is 30.2. The monoisotopic (exact) mass is 1540 g/mol. The molecule has 1 amide bonds. The zero-order chi connectivity index (χ0) is 78.8. The minimum atomic E-state index is -1.99. The maximum absolute atomic E-state index is 13.5. The van der Waals surface area contributed by atoms with E-state index in [9.17, 15) is 61.0 Å². The maximum atomic E-state index is 13.5. The number of allylic oxidation sites excluding steroid dienone is 19. The summed E-state index contributed by atoms with van der Waals surface area (Å²) in [6, 6.07) is -1.00. The van der Waals surface area contributed by atoms with Crippen LogP contribution in [-0.4, -0.2) is 193 Å². The van der Waals surface area contributed by atoms with Crippen LogP contribution < -0.4 is 5.32 Å². The highest BCUT2D eigenvalue weighted by Crippen LogP contribution is 2.33. The van der Waals surface area contributed by atoms with E-state index in [1.165, 1.54) is 186 Å². The molecule has 0 radical (unpaired) electrons. The molecule has 17 atom stereocenters. The summed E-state index contributed by atoms with van der Waals surface area (Å²) in [4.78, 5) is 13.5. The summed E-state index contributed by atoms with van der Waals surface area (Å²) >= 11 is 0. The van der Waals surface area contributed by atoms with E-state index in [1.807, 2.05) is 6.08 Å². The topological polar surface area (TPSA) is 307 Å². The van der Waals surface area contributed by atoms with Gasteiger partial charge in [-0.2, -0.15) is 0 Å². The molecule has 19 nitrogen and oxygen atoms in total. The van der Waals surface area contributed by atoms with Crippen LogP contribution in [0.1, 0.15) is 309 Å². The molecule has 3 rings (SSSR count). The minimum Gasteiger partial charge on any atom is -0.394 e. The Hall–Kier alpha value is -3.81. The van der Waals surface area contributed by atoms with Gasteiger partial charge in [-0.15, -0.1) is 0 Å². The fraction of sp³-hybridized carbons (Fsp3) is 0.767. The maximum Gasteiger partial charge on any atom is 0.220 e. The van der Waals surface area contributed by atoms with E-state index in [-0.39, 0.29) is 18.9 Å². The summed E-state index contributed by atoms with van der Waals surface area (Å²) < 4.78 is 34.5. The Labute approximate surface area is 658 Å². The Kier molecular flexibility index (Phi) is 62.5. The first-order valence-corrected chi connectivity index (χ1v) is 43.3. The second-order valence-electron chi connectivity index (χ2n) is 30.2. The van der Waals surface area contributed by atoms with Gasteiger partial charge in [0.2, 0.25) is 5.91 Å². The van der Waals surface area contributed by atoms with Crippen molar-refractivity contribution in [1.82, 2.24) is 5.32 Å². The van der Waals surface area contributed by atoms with Crippen molar-refractivity contribution in [3.63, 3.8) is 0 Å². The van der Waals surface area contributed by atoms with Crippen LogP contribution in [0, 0.1) is 0 Å². The van der Waals surface area contributed by atoms with Crippen LogP contribution in [0.4, 0.5) is 0 Å². The van der Waals surface area contributed by atoms with Gasteiger partial charge in [0, 0.05) is 6.42 Å². The van der Waals surface area contributed by atoms with Gasteiger partial charge in [-0.05, 0) is 103 Å². The molecular formula is C90H155NO18. The minimum absolute atomic E-state index is 0.229. The predicted octanol–water partition coefficient (Wildman–Crippen LogP) is 15.8. The first-order chi connectivity index (χ1) is 53.3. The van der Waals surface area contributed by atoms with Gasteiger partial charge in [0.15, 0.2) is 18.9 Å². The molecule has 3 aliphatic heterocycles. The van der Waals surface area contributed by atoms with Crippen LogP contribution in [0.5, 0.6) is 0 Å². The van der Waals surface area contributed by atoms with Crippen molar-refractivity contribution in [3.8, 4) is 0 Å². The van der Waals surface area contributed by atoms with Crippen LogP contribution in [0.2, 0.25) is 0 Å². The van der Waals surface area contributed by atoms with Gasteiger partial charge in [-0.3, -0.25) is 4.79 Å². The summed E-state index contributed by atoms with van der Waals surface area (Å²) in [6.45, 7) is 1.62. The van der Waals surface area contributed by atoms with E-state index in [1.54, 1.807) is 6.08 Å². The fourth-order valence-electron chi connectivity index (χ4n) is 13.9. The van der Waals surface area contributed by atoms with Crippen molar-refractivity contribution in [1.29, 1.82) is 0 Å². The number of unbranched alkanes of at least 4 members (excludes halogenated alkanes) is 34. The van der Waals surface area contributed by atoms with E-state index in [2.05, 4.69) is 129 Å². The zero-order valence-electron chi connectivity index (χ0n) is 67.5. The number of aliphatic hydroxyl groups excluding tert-OH is 11. The summed E-state index contributed by atoms with van der Waals surface area (Å²) in [7, 11) is 0. The van der Waals surface area contributed by atoms with Crippen molar-refractivity contribution >= 4 is 5.91 Å². The largest absolute Gasteiger partial charge is 0.394 e. The number of hydrogen-bond donors (Lipinski definition) is 12. The lowest BCUT2D eigenvalue weighted by Gasteiger charge is -2.48. The van der Waals surface area contributed by atoms with Gasteiger partial charge in [-0.25, -0.2) is 0 Å². The molecule has 3 aliphatic rings. The van der Waals surface area contributed by atoms with Crippen molar-refractivity contribution in [3.05, 3.63) is 122 Å². The molecule has 3 heterocycles. The average molecular weight is 1540 g/mol. The number of hydrogen-bond acceptors (Lipinski definition) is 18. The highest BCUT2D eigenvalue weighted by atomic mass is 16.8. The third-order valence-corrected chi connectivity index (χ3v) is 20.7. The molecule has 0 aromatic carbocycles. The normalized spacial score (nSPS) is 25.9. The third kappa shape index (κ3) is 47.6. The Bertz CT molecular complexity index is 2440. The summed E-state index contributed by atoms with van der Waals surface area (Å²) in [5, 5.41) is 121. The van der Waals surface area contributed by atoms with Gasteiger partial charge in [0.05, 0.1) is 38.6 Å². The number of carbonyl (C=O) groups is 1. The van der Waals surface area contributed by atoms with E-state index in [0.717, 1.165) is 89.9 Å². The van der Waals surface area contributed by atoms with Crippen LogP contribution in [0.15, 0.2) is 122 Å². The molecule has 0 spiro atoms. The first kappa shape index (κ1) is 99.4. The summed E-state index contributed by atoms with van der Waals surface area (Å²) in [5.74, 6) is -0.289. The van der Waals surface area contributed by atoms with E-state index < -0.39 is 124 Å².